The Labute approximate surface area is 152 Å². The van der Waals surface area contributed by atoms with Crippen molar-refractivity contribution in [3.8, 4) is 5.75 Å². The Morgan fingerprint density at radius 2 is 1.72 bits per heavy atom. The lowest BCUT2D eigenvalue weighted by Crippen LogP contribution is -2.68. The molecule has 0 spiro atoms. The molecule has 2 aliphatic heterocycles. The maximum absolute atomic E-state index is 6.48. The van der Waals surface area contributed by atoms with E-state index in [1.165, 1.54) is 0 Å². The zero-order chi connectivity index (χ0) is 18.7. The molecule has 2 unspecified atom stereocenters. The Balaban J connectivity index is 1.95. The van der Waals surface area contributed by atoms with Crippen LogP contribution in [0.3, 0.4) is 0 Å². The van der Waals surface area contributed by atoms with Gasteiger partial charge in [-0.1, -0.05) is 53.7 Å². The smallest absolute Gasteiger partial charge is 0.261 e. The Kier molecular flexibility index (Phi) is 4.20. The molecule has 4 nitrogen and oxygen atoms in total. The topological polar surface area (TPSA) is 36.9 Å². The molecule has 140 valence electrons. The van der Waals surface area contributed by atoms with Crippen LogP contribution >= 0.6 is 0 Å². The zero-order valence-corrected chi connectivity index (χ0v) is 17.9. The first-order valence-electron chi connectivity index (χ1n) is 9.15. The van der Waals surface area contributed by atoms with Gasteiger partial charge in [0.25, 0.3) is 5.79 Å². The third-order valence-corrected chi connectivity index (χ3v) is 10.6. The zero-order valence-electron chi connectivity index (χ0n) is 16.9. The summed E-state index contributed by atoms with van der Waals surface area (Å²) in [6.45, 7) is 18.4. The van der Waals surface area contributed by atoms with Crippen molar-refractivity contribution in [2.75, 3.05) is 6.61 Å². The molecule has 0 N–H and O–H groups in total. The van der Waals surface area contributed by atoms with E-state index >= 15 is 0 Å². The van der Waals surface area contributed by atoms with Gasteiger partial charge in [-0.25, -0.2) is 4.89 Å². The number of hydrogen-bond acceptors (Lipinski definition) is 4. The molecule has 1 aromatic rings. The van der Waals surface area contributed by atoms with Gasteiger partial charge in [0.05, 0.1) is 6.61 Å². The summed E-state index contributed by atoms with van der Waals surface area (Å²) in [5.41, 5.74) is 0.413. The monoisotopic (exact) mass is 364 g/mol. The average molecular weight is 365 g/mol. The van der Waals surface area contributed by atoms with E-state index in [-0.39, 0.29) is 10.5 Å². The molecule has 2 fully saturated rings. The first kappa shape index (κ1) is 18.9. The Bertz CT molecular complexity index is 658. The molecule has 0 aliphatic carbocycles. The Morgan fingerprint density at radius 3 is 2.24 bits per heavy atom. The fraction of sp³-hybridized carbons (Fsp3) is 0.700. The van der Waals surface area contributed by atoms with E-state index in [0.29, 0.717) is 6.61 Å². The fourth-order valence-corrected chi connectivity index (χ4v) is 4.50. The molecule has 25 heavy (non-hydrogen) atoms. The highest BCUT2D eigenvalue weighted by Crippen LogP contribution is 2.62. The summed E-state index contributed by atoms with van der Waals surface area (Å²) in [7, 11) is -1.90. The summed E-state index contributed by atoms with van der Waals surface area (Å²) in [5, 5.41) is 0.149. The number of fused-ring (bicyclic) bond motifs is 1. The standard InChI is InChI=1S/C20H32O4Si/c1-17(2,3)19-12-13-21-20(19,24-23-19)15-10-9-11-16(14-15)22-25(7,8)18(4,5)6/h9-11,14H,12-13H2,1-8H3. The van der Waals surface area contributed by atoms with Crippen LogP contribution in [0.5, 0.6) is 5.75 Å². The van der Waals surface area contributed by atoms with Crippen LogP contribution < -0.4 is 4.43 Å². The van der Waals surface area contributed by atoms with Crippen LogP contribution in [-0.2, 0) is 20.3 Å². The molecule has 2 aliphatic rings. The molecule has 2 atom stereocenters. The van der Waals surface area contributed by atoms with Gasteiger partial charge in [-0.2, -0.15) is 4.89 Å². The van der Waals surface area contributed by atoms with Crippen molar-refractivity contribution in [1.82, 2.24) is 0 Å². The van der Waals surface area contributed by atoms with Crippen molar-refractivity contribution < 1.29 is 18.9 Å². The quantitative estimate of drug-likeness (QED) is 0.532. The van der Waals surface area contributed by atoms with E-state index in [0.717, 1.165) is 17.7 Å². The van der Waals surface area contributed by atoms with Crippen LogP contribution in [0.4, 0.5) is 0 Å². The predicted octanol–water partition coefficient (Wildman–Crippen LogP) is 5.39. The van der Waals surface area contributed by atoms with Gasteiger partial charge >= 0.3 is 0 Å². The molecule has 0 aromatic heterocycles. The van der Waals surface area contributed by atoms with Crippen LogP contribution in [0, 0.1) is 5.41 Å². The van der Waals surface area contributed by atoms with E-state index in [1.807, 2.05) is 18.2 Å². The van der Waals surface area contributed by atoms with E-state index in [9.17, 15) is 0 Å². The molecule has 1 aromatic carbocycles. The van der Waals surface area contributed by atoms with Crippen LogP contribution in [0.2, 0.25) is 18.1 Å². The first-order valence-corrected chi connectivity index (χ1v) is 12.1. The summed E-state index contributed by atoms with van der Waals surface area (Å²) < 4.78 is 12.6. The second-order valence-electron chi connectivity index (χ2n) is 9.85. The van der Waals surface area contributed by atoms with E-state index in [4.69, 9.17) is 18.9 Å². The summed E-state index contributed by atoms with van der Waals surface area (Å²) in [6.07, 6.45) is 0.823. The van der Waals surface area contributed by atoms with Gasteiger partial charge in [-0.3, -0.25) is 0 Å². The van der Waals surface area contributed by atoms with Crippen molar-refractivity contribution in [3.05, 3.63) is 29.8 Å². The maximum atomic E-state index is 6.48. The van der Waals surface area contributed by atoms with Gasteiger partial charge in [0.1, 0.15) is 5.75 Å². The highest BCUT2D eigenvalue weighted by atomic mass is 28.4. The average Bonchev–Trinajstić information content (AvgIpc) is 2.69. The normalized spacial score (nSPS) is 29.9. The highest BCUT2D eigenvalue weighted by Gasteiger charge is 2.74. The molecule has 2 heterocycles. The van der Waals surface area contributed by atoms with Crippen molar-refractivity contribution in [3.63, 3.8) is 0 Å². The minimum atomic E-state index is -1.90. The van der Waals surface area contributed by atoms with Gasteiger partial charge in [0, 0.05) is 17.4 Å². The largest absolute Gasteiger partial charge is 0.543 e. The van der Waals surface area contributed by atoms with Crippen molar-refractivity contribution in [2.45, 2.75) is 77.5 Å². The van der Waals surface area contributed by atoms with Crippen LogP contribution in [-0.4, -0.2) is 20.5 Å². The van der Waals surface area contributed by atoms with Crippen molar-refractivity contribution in [2.24, 2.45) is 5.41 Å². The number of ether oxygens (including phenoxy) is 1. The number of benzene rings is 1. The Hall–Kier alpha value is -0.883. The molecular formula is C20H32O4Si. The lowest BCUT2D eigenvalue weighted by atomic mass is 9.67. The molecule has 2 saturated heterocycles. The van der Waals surface area contributed by atoms with Gasteiger partial charge in [-0.05, 0) is 30.3 Å². The maximum Gasteiger partial charge on any atom is 0.261 e. The number of rotatable bonds is 3. The highest BCUT2D eigenvalue weighted by molar-refractivity contribution is 6.74. The predicted molar refractivity (Wildman–Crippen MR) is 101 cm³/mol. The third-order valence-electron chi connectivity index (χ3n) is 6.20. The van der Waals surface area contributed by atoms with Crippen LogP contribution in [0.25, 0.3) is 0 Å². The summed E-state index contributed by atoms with van der Waals surface area (Å²) in [4.78, 5) is 11.3. The van der Waals surface area contributed by atoms with E-state index in [2.05, 4.69) is 60.7 Å². The summed E-state index contributed by atoms with van der Waals surface area (Å²) in [6, 6.07) is 8.15. The van der Waals surface area contributed by atoms with Gasteiger partial charge in [-0.15, -0.1) is 0 Å². The first-order chi connectivity index (χ1) is 11.3. The minimum absolute atomic E-state index is 0.0992. The van der Waals surface area contributed by atoms with Crippen molar-refractivity contribution >= 4 is 8.32 Å². The molecule has 0 saturated carbocycles. The molecule has 3 rings (SSSR count). The summed E-state index contributed by atoms with van der Waals surface area (Å²) in [5.74, 6) is 0.0465. The van der Waals surface area contributed by atoms with Crippen LogP contribution in [0.15, 0.2) is 24.3 Å². The molecular weight excluding hydrogens is 332 g/mol. The SMILES string of the molecule is CC(C)(C)C12CCOC1(c1cccc(O[Si](C)(C)C(C)(C)C)c1)OO2. The van der Waals surface area contributed by atoms with Crippen molar-refractivity contribution in [1.29, 1.82) is 0 Å². The molecule has 5 heteroatoms. The van der Waals surface area contributed by atoms with Gasteiger partial charge in [0.2, 0.25) is 8.32 Å². The Morgan fingerprint density at radius 1 is 1.04 bits per heavy atom. The third kappa shape index (κ3) is 2.67. The number of hydrogen-bond donors (Lipinski definition) is 0. The van der Waals surface area contributed by atoms with Gasteiger partial charge in [0.15, 0.2) is 5.60 Å². The minimum Gasteiger partial charge on any atom is -0.543 e. The summed E-state index contributed by atoms with van der Waals surface area (Å²) >= 11 is 0. The van der Waals surface area contributed by atoms with E-state index in [1.54, 1.807) is 0 Å². The fourth-order valence-electron chi connectivity index (χ4n) is 3.47. The molecule has 0 amide bonds. The lowest BCUT2D eigenvalue weighted by molar-refractivity contribution is -0.616. The van der Waals surface area contributed by atoms with Gasteiger partial charge < -0.3 is 9.16 Å². The van der Waals surface area contributed by atoms with E-state index < -0.39 is 19.7 Å². The lowest BCUT2D eigenvalue weighted by Gasteiger charge is -2.56. The second-order valence-corrected chi connectivity index (χ2v) is 14.6. The molecule has 0 radical (unpaired) electrons. The molecule has 0 bridgehead atoms. The van der Waals surface area contributed by atoms with Crippen LogP contribution in [0.1, 0.15) is 53.5 Å². The second kappa shape index (κ2) is 5.56.